The maximum atomic E-state index is 13.1. The summed E-state index contributed by atoms with van der Waals surface area (Å²) in [5, 5.41) is 2.66. The van der Waals surface area contributed by atoms with Crippen LogP contribution in [0.1, 0.15) is 44.9 Å². The molecule has 0 aliphatic rings. The molecule has 0 aromatic heterocycles. The minimum absolute atomic E-state index is 0.281. The van der Waals surface area contributed by atoms with Crippen LogP contribution in [0, 0.1) is 6.92 Å². The molecule has 5 heteroatoms. The molecule has 0 aliphatic carbocycles. The lowest BCUT2D eigenvalue weighted by atomic mass is 9.87. The van der Waals surface area contributed by atoms with Crippen LogP contribution in [0.2, 0.25) is 5.02 Å². The van der Waals surface area contributed by atoms with Crippen molar-refractivity contribution in [1.82, 2.24) is 0 Å². The van der Waals surface area contributed by atoms with Gasteiger partial charge in [-0.25, -0.2) is 4.79 Å². The Hall–Kier alpha value is -2.56. The van der Waals surface area contributed by atoms with Crippen molar-refractivity contribution < 1.29 is 19.0 Å². The summed E-state index contributed by atoms with van der Waals surface area (Å²) >= 11 is 6.15. The highest BCUT2D eigenvalue weighted by atomic mass is 35.5. The topological polar surface area (TPSA) is 44.8 Å². The molecule has 0 radical (unpaired) electrons. The Morgan fingerprint density at radius 3 is 2.32 bits per heavy atom. The Balaban J connectivity index is 2.37. The number of benzene rings is 3. The second-order valence-corrected chi connectivity index (χ2v) is 8.87. The summed E-state index contributed by atoms with van der Waals surface area (Å²) in [5.74, 6) is 0.373. The van der Waals surface area contributed by atoms with Crippen molar-refractivity contribution in [2.75, 3.05) is 13.7 Å². The van der Waals surface area contributed by atoms with Crippen LogP contribution in [0.15, 0.2) is 48.5 Å². The van der Waals surface area contributed by atoms with Gasteiger partial charge in [-0.3, -0.25) is 0 Å². The average molecular weight is 441 g/mol. The van der Waals surface area contributed by atoms with E-state index in [2.05, 4.69) is 6.07 Å². The maximum absolute atomic E-state index is 13.1. The Morgan fingerprint density at radius 1 is 1.06 bits per heavy atom. The van der Waals surface area contributed by atoms with Crippen LogP contribution in [0.5, 0.6) is 5.75 Å². The zero-order valence-corrected chi connectivity index (χ0v) is 19.7. The highest BCUT2D eigenvalue weighted by molar-refractivity contribution is 6.30. The minimum Gasteiger partial charge on any atom is -0.497 e. The summed E-state index contributed by atoms with van der Waals surface area (Å²) < 4.78 is 17.1. The standard InChI is InChI=1S/C26H29ClO4/c1-7-30-25(28)24(31-26(3,4)5)22-16(2)14-18-15-20(29-6)12-13-21(18)23(22)17-8-10-19(27)11-9-17/h8-15,24H,7H2,1-6H3. The number of carbonyl (C=O) groups is 1. The molecule has 164 valence electrons. The molecule has 1 unspecified atom stereocenters. The van der Waals surface area contributed by atoms with Gasteiger partial charge in [-0.05, 0) is 86.3 Å². The molecule has 0 saturated heterocycles. The molecular weight excluding hydrogens is 412 g/mol. The van der Waals surface area contributed by atoms with Crippen LogP contribution in [0.4, 0.5) is 0 Å². The van der Waals surface area contributed by atoms with E-state index in [1.807, 2.05) is 70.2 Å². The van der Waals surface area contributed by atoms with Gasteiger partial charge in [-0.15, -0.1) is 0 Å². The van der Waals surface area contributed by atoms with Gasteiger partial charge in [0.25, 0.3) is 0 Å². The van der Waals surface area contributed by atoms with E-state index in [4.69, 9.17) is 25.8 Å². The summed E-state index contributed by atoms with van der Waals surface area (Å²) in [6.07, 6.45) is -0.864. The first-order valence-corrected chi connectivity index (χ1v) is 10.7. The Labute approximate surface area is 189 Å². The van der Waals surface area contributed by atoms with E-state index in [1.165, 1.54) is 0 Å². The van der Waals surface area contributed by atoms with E-state index in [-0.39, 0.29) is 6.61 Å². The highest BCUT2D eigenvalue weighted by Gasteiger charge is 2.32. The number of hydrogen-bond acceptors (Lipinski definition) is 4. The third-order valence-corrected chi connectivity index (χ3v) is 5.21. The second-order valence-electron chi connectivity index (χ2n) is 8.44. The lowest BCUT2D eigenvalue weighted by Crippen LogP contribution is -2.29. The van der Waals surface area contributed by atoms with Gasteiger partial charge in [0.05, 0.1) is 19.3 Å². The molecule has 3 aromatic rings. The quantitative estimate of drug-likeness (QED) is 0.391. The Bertz CT molecular complexity index is 1080. The van der Waals surface area contributed by atoms with E-state index in [0.29, 0.717) is 5.02 Å². The third-order valence-electron chi connectivity index (χ3n) is 4.96. The van der Waals surface area contributed by atoms with Crippen molar-refractivity contribution >= 4 is 28.3 Å². The number of methoxy groups -OCH3 is 1. The van der Waals surface area contributed by atoms with Gasteiger partial charge in [-0.1, -0.05) is 35.9 Å². The van der Waals surface area contributed by atoms with Gasteiger partial charge in [0, 0.05) is 10.6 Å². The molecule has 0 amide bonds. The average Bonchev–Trinajstić information content (AvgIpc) is 2.71. The van der Waals surface area contributed by atoms with E-state index < -0.39 is 17.7 Å². The molecule has 3 rings (SSSR count). The fraction of sp³-hybridized carbons (Fsp3) is 0.346. The van der Waals surface area contributed by atoms with Crippen molar-refractivity contribution in [2.24, 2.45) is 0 Å². The van der Waals surface area contributed by atoms with Gasteiger partial charge >= 0.3 is 5.97 Å². The third kappa shape index (κ3) is 5.20. The monoisotopic (exact) mass is 440 g/mol. The van der Waals surface area contributed by atoms with Gasteiger partial charge in [-0.2, -0.15) is 0 Å². The summed E-state index contributed by atoms with van der Waals surface area (Å²) in [6, 6.07) is 15.6. The summed E-state index contributed by atoms with van der Waals surface area (Å²) in [7, 11) is 1.65. The Morgan fingerprint density at radius 2 is 1.74 bits per heavy atom. The predicted octanol–water partition coefficient (Wildman–Crippen LogP) is 6.90. The number of carbonyl (C=O) groups excluding carboxylic acids is 1. The molecular formula is C26H29ClO4. The first-order chi connectivity index (χ1) is 14.6. The molecule has 31 heavy (non-hydrogen) atoms. The van der Waals surface area contributed by atoms with Crippen LogP contribution in [0.25, 0.3) is 21.9 Å². The van der Waals surface area contributed by atoms with Crippen LogP contribution in [-0.4, -0.2) is 25.3 Å². The molecule has 0 heterocycles. The van der Waals surface area contributed by atoms with Crippen molar-refractivity contribution in [3.05, 3.63) is 64.7 Å². The van der Waals surface area contributed by atoms with Crippen molar-refractivity contribution in [2.45, 2.75) is 46.3 Å². The molecule has 4 nitrogen and oxygen atoms in total. The number of rotatable bonds is 6. The lowest BCUT2D eigenvalue weighted by Gasteiger charge is -2.29. The van der Waals surface area contributed by atoms with Crippen molar-refractivity contribution in [1.29, 1.82) is 0 Å². The second kappa shape index (κ2) is 9.29. The molecule has 0 saturated carbocycles. The number of ether oxygens (including phenoxy) is 3. The van der Waals surface area contributed by atoms with Gasteiger partial charge in [0.1, 0.15) is 5.75 Å². The summed E-state index contributed by atoms with van der Waals surface area (Å²) in [5.41, 5.74) is 3.07. The van der Waals surface area contributed by atoms with E-state index in [1.54, 1.807) is 14.0 Å². The first kappa shape index (κ1) is 23.1. The summed E-state index contributed by atoms with van der Waals surface area (Å²) in [4.78, 5) is 13.1. The minimum atomic E-state index is -0.864. The first-order valence-electron chi connectivity index (χ1n) is 10.4. The predicted molar refractivity (Wildman–Crippen MR) is 126 cm³/mol. The van der Waals surface area contributed by atoms with Crippen LogP contribution in [0.3, 0.4) is 0 Å². The van der Waals surface area contributed by atoms with E-state index >= 15 is 0 Å². The molecule has 3 aromatic carbocycles. The molecule has 0 N–H and O–H groups in total. The maximum Gasteiger partial charge on any atom is 0.339 e. The zero-order chi connectivity index (χ0) is 22.8. The molecule has 0 spiro atoms. The highest BCUT2D eigenvalue weighted by Crippen LogP contribution is 2.41. The molecule has 0 bridgehead atoms. The molecule has 0 fully saturated rings. The van der Waals surface area contributed by atoms with Gasteiger partial charge in [0.2, 0.25) is 0 Å². The van der Waals surface area contributed by atoms with Crippen LogP contribution in [-0.2, 0) is 14.3 Å². The van der Waals surface area contributed by atoms with Crippen LogP contribution >= 0.6 is 11.6 Å². The number of aryl methyl sites for hydroxylation is 1. The van der Waals surface area contributed by atoms with Crippen LogP contribution < -0.4 is 4.74 Å². The lowest BCUT2D eigenvalue weighted by molar-refractivity contribution is -0.166. The number of fused-ring (bicyclic) bond motifs is 1. The molecule has 0 aliphatic heterocycles. The SMILES string of the molecule is CCOC(=O)C(OC(C)(C)C)c1c(C)cc2cc(OC)ccc2c1-c1ccc(Cl)cc1. The summed E-state index contributed by atoms with van der Waals surface area (Å²) in [6.45, 7) is 9.87. The van der Waals surface area contributed by atoms with Crippen molar-refractivity contribution in [3.63, 3.8) is 0 Å². The Kier molecular flexibility index (Phi) is 6.93. The van der Waals surface area contributed by atoms with Gasteiger partial charge in [0.15, 0.2) is 6.10 Å². The fourth-order valence-corrected chi connectivity index (χ4v) is 3.86. The van der Waals surface area contributed by atoms with E-state index in [9.17, 15) is 4.79 Å². The van der Waals surface area contributed by atoms with Gasteiger partial charge < -0.3 is 14.2 Å². The normalized spacial score (nSPS) is 12.6. The van der Waals surface area contributed by atoms with E-state index in [0.717, 1.165) is 38.8 Å². The zero-order valence-electron chi connectivity index (χ0n) is 18.9. The number of hydrogen-bond donors (Lipinski definition) is 0. The smallest absolute Gasteiger partial charge is 0.339 e. The fourth-order valence-electron chi connectivity index (χ4n) is 3.73. The largest absolute Gasteiger partial charge is 0.497 e. The van der Waals surface area contributed by atoms with Crippen molar-refractivity contribution in [3.8, 4) is 16.9 Å². The number of esters is 1. The molecule has 1 atom stereocenters. The number of halogens is 1.